The maximum Gasteiger partial charge on any atom is 0.207 e. The minimum Gasteiger partial charge on any atom is -0.530 e. The SMILES string of the molecule is O=C([O-])N(CC(Cl)(Cl)Cl)CC(Cl)(Cl)Cl. The Labute approximate surface area is 111 Å². The summed E-state index contributed by atoms with van der Waals surface area (Å²) in [5.41, 5.74) is 0. The molecule has 0 bridgehead atoms. The first-order valence-electron chi connectivity index (χ1n) is 3.11. The van der Waals surface area contributed by atoms with Crippen molar-refractivity contribution < 1.29 is 9.90 Å². The molecule has 0 saturated carbocycles. The van der Waals surface area contributed by atoms with Gasteiger partial charge in [0.15, 0.2) is 0 Å². The lowest BCUT2D eigenvalue weighted by Gasteiger charge is -2.30. The van der Waals surface area contributed by atoms with Crippen LogP contribution in [0.4, 0.5) is 4.79 Å². The molecule has 84 valence electrons. The van der Waals surface area contributed by atoms with Crippen LogP contribution in [0.2, 0.25) is 0 Å². The van der Waals surface area contributed by atoms with Crippen LogP contribution >= 0.6 is 69.6 Å². The van der Waals surface area contributed by atoms with Gasteiger partial charge in [-0.1, -0.05) is 69.6 Å². The highest BCUT2D eigenvalue weighted by atomic mass is 35.6. The van der Waals surface area contributed by atoms with Crippen LogP contribution in [0.3, 0.4) is 0 Å². The molecule has 0 saturated heterocycles. The fourth-order valence-electron chi connectivity index (χ4n) is 0.618. The molecule has 0 atom stereocenters. The van der Waals surface area contributed by atoms with Gasteiger partial charge in [-0.2, -0.15) is 0 Å². The first-order chi connectivity index (χ1) is 6.01. The molecule has 0 N–H and O–H groups in total. The average Bonchev–Trinajstić information content (AvgIpc) is 1.78. The predicted molar refractivity (Wildman–Crippen MR) is 57.5 cm³/mol. The highest BCUT2D eigenvalue weighted by molar-refractivity contribution is 6.68. The number of carbonyl (C=O) groups excluding carboxylic acids is 1. The van der Waals surface area contributed by atoms with Crippen LogP contribution in [0.5, 0.6) is 0 Å². The van der Waals surface area contributed by atoms with Gasteiger partial charge in [0.1, 0.15) is 6.09 Å². The summed E-state index contributed by atoms with van der Waals surface area (Å²) in [5.74, 6) is 0. The van der Waals surface area contributed by atoms with Crippen molar-refractivity contribution in [2.45, 2.75) is 7.59 Å². The summed E-state index contributed by atoms with van der Waals surface area (Å²) in [6.07, 6.45) is -1.58. The summed E-state index contributed by atoms with van der Waals surface area (Å²) in [6.45, 7) is -0.873. The summed E-state index contributed by atoms with van der Waals surface area (Å²) in [7, 11) is 0. The Hall–Kier alpha value is 1.01. The van der Waals surface area contributed by atoms with E-state index in [1.165, 1.54) is 0 Å². The molecule has 0 aromatic carbocycles. The molecule has 0 aromatic heterocycles. The number of halogens is 6. The molecule has 14 heavy (non-hydrogen) atoms. The molecular formula is C5H4Cl6NO2-. The Balaban J connectivity index is 4.40. The van der Waals surface area contributed by atoms with Crippen molar-refractivity contribution in [2.75, 3.05) is 13.1 Å². The number of alkyl halides is 6. The van der Waals surface area contributed by atoms with Crippen LogP contribution in [-0.2, 0) is 0 Å². The van der Waals surface area contributed by atoms with Crippen LogP contribution in [0, 0.1) is 0 Å². The van der Waals surface area contributed by atoms with Crippen molar-refractivity contribution in [2.24, 2.45) is 0 Å². The van der Waals surface area contributed by atoms with E-state index in [1.54, 1.807) is 0 Å². The highest BCUT2D eigenvalue weighted by Gasteiger charge is 2.30. The van der Waals surface area contributed by atoms with E-state index in [0.717, 1.165) is 0 Å². The molecule has 0 aliphatic rings. The third kappa shape index (κ3) is 8.33. The molecule has 0 aliphatic heterocycles. The molecule has 0 heterocycles. The van der Waals surface area contributed by atoms with Crippen molar-refractivity contribution in [3.8, 4) is 0 Å². The molecule has 1 amide bonds. The Bertz CT molecular complexity index is 193. The molecule has 0 aliphatic carbocycles. The fraction of sp³-hybridized carbons (Fsp3) is 0.800. The Morgan fingerprint density at radius 2 is 1.29 bits per heavy atom. The average molecular weight is 323 g/mol. The molecule has 0 radical (unpaired) electrons. The van der Waals surface area contributed by atoms with Crippen LogP contribution in [-0.4, -0.2) is 31.7 Å². The summed E-state index contributed by atoms with van der Waals surface area (Å²) in [5, 5.41) is 10.5. The third-order valence-electron chi connectivity index (χ3n) is 0.998. The van der Waals surface area contributed by atoms with Gasteiger partial charge in [0.05, 0.1) is 13.1 Å². The maximum absolute atomic E-state index is 10.5. The summed E-state index contributed by atoms with van der Waals surface area (Å²) in [6, 6.07) is 0. The molecule has 9 heteroatoms. The monoisotopic (exact) mass is 320 g/mol. The van der Waals surface area contributed by atoms with Gasteiger partial charge in [0.25, 0.3) is 0 Å². The quantitative estimate of drug-likeness (QED) is 0.733. The van der Waals surface area contributed by atoms with Crippen molar-refractivity contribution in [3.63, 3.8) is 0 Å². The number of hydrogen-bond acceptors (Lipinski definition) is 2. The number of nitrogens with zero attached hydrogens (tertiary/aromatic N) is 1. The molecule has 0 unspecified atom stereocenters. The van der Waals surface area contributed by atoms with E-state index in [2.05, 4.69) is 0 Å². The number of amides is 1. The number of carbonyl (C=O) groups is 1. The van der Waals surface area contributed by atoms with Gasteiger partial charge in [-0.25, -0.2) is 0 Å². The Morgan fingerprint density at radius 3 is 1.43 bits per heavy atom. The van der Waals surface area contributed by atoms with E-state index in [0.29, 0.717) is 4.90 Å². The summed E-state index contributed by atoms with van der Waals surface area (Å²) >= 11 is 32.2. The topological polar surface area (TPSA) is 43.4 Å². The molecule has 0 aromatic rings. The maximum atomic E-state index is 10.5. The van der Waals surface area contributed by atoms with Crippen molar-refractivity contribution in [3.05, 3.63) is 0 Å². The van der Waals surface area contributed by atoms with E-state index < -0.39 is 26.8 Å². The van der Waals surface area contributed by atoms with E-state index in [4.69, 9.17) is 69.6 Å². The lowest BCUT2D eigenvalue weighted by atomic mass is 10.5. The minimum absolute atomic E-state index is 0.437. The van der Waals surface area contributed by atoms with E-state index in [1.807, 2.05) is 0 Å². The molecule has 3 nitrogen and oxygen atoms in total. The zero-order chi connectivity index (χ0) is 11.6. The van der Waals surface area contributed by atoms with Gasteiger partial charge in [0.2, 0.25) is 7.59 Å². The zero-order valence-corrected chi connectivity index (χ0v) is 11.0. The second kappa shape index (κ2) is 5.37. The highest BCUT2D eigenvalue weighted by Crippen LogP contribution is 2.31. The Morgan fingerprint density at radius 1 is 1.00 bits per heavy atom. The third-order valence-corrected chi connectivity index (χ3v) is 1.72. The number of carboxylic acid groups (broad SMARTS) is 1. The first-order valence-corrected chi connectivity index (χ1v) is 5.37. The number of hydrogen-bond donors (Lipinski definition) is 0. The predicted octanol–water partition coefficient (Wildman–Crippen LogP) is 2.37. The molecule has 0 rings (SSSR count). The second-order valence-corrected chi connectivity index (χ2v) is 7.38. The van der Waals surface area contributed by atoms with Gasteiger partial charge < -0.3 is 14.8 Å². The van der Waals surface area contributed by atoms with Gasteiger partial charge in [0, 0.05) is 0 Å². The van der Waals surface area contributed by atoms with E-state index in [-0.39, 0.29) is 0 Å². The zero-order valence-electron chi connectivity index (χ0n) is 6.45. The van der Waals surface area contributed by atoms with Gasteiger partial charge >= 0.3 is 0 Å². The smallest absolute Gasteiger partial charge is 0.207 e. The first kappa shape index (κ1) is 15.0. The van der Waals surface area contributed by atoms with Gasteiger partial charge in [-0.05, 0) is 0 Å². The van der Waals surface area contributed by atoms with Crippen LogP contribution in [0.1, 0.15) is 0 Å². The molecular weight excluding hydrogens is 319 g/mol. The van der Waals surface area contributed by atoms with Crippen LogP contribution in [0.25, 0.3) is 0 Å². The van der Waals surface area contributed by atoms with E-state index >= 15 is 0 Å². The van der Waals surface area contributed by atoms with Gasteiger partial charge in [-0.15, -0.1) is 0 Å². The summed E-state index contributed by atoms with van der Waals surface area (Å²) in [4.78, 5) is 11.1. The number of rotatable bonds is 2. The molecule has 0 spiro atoms. The van der Waals surface area contributed by atoms with Crippen LogP contribution in [0.15, 0.2) is 0 Å². The van der Waals surface area contributed by atoms with Crippen molar-refractivity contribution >= 4 is 75.7 Å². The largest absolute Gasteiger partial charge is 0.530 e. The summed E-state index contributed by atoms with van der Waals surface area (Å²) < 4.78 is -3.56. The minimum atomic E-state index is -1.78. The second-order valence-electron chi connectivity index (χ2n) is 2.35. The lowest BCUT2D eigenvalue weighted by molar-refractivity contribution is -0.265. The Kier molecular flexibility index (Phi) is 5.76. The van der Waals surface area contributed by atoms with Crippen molar-refractivity contribution in [1.29, 1.82) is 0 Å². The standard InChI is InChI=1S/C5H5Cl6NO2/c6-4(7,8)1-12(3(13)14)2-5(9,10)11/h1-2H2,(H,13,14)/p-1. The van der Waals surface area contributed by atoms with Gasteiger partial charge in [-0.3, -0.25) is 0 Å². The van der Waals surface area contributed by atoms with E-state index in [9.17, 15) is 9.90 Å². The normalized spacial score (nSPS) is 12.7. The lowest BCUT2D eigenvalue weighted by Crippen LogP contribution is -2.48. The van der Waals surface area contributed by atoms with Crippen molar-refractivity contribution in [1.82, 2.24) is 4.90 Å². The fourth-order valence-corrected chi connectivity index (χ4v) is 1.48. The molecule has 0 fully saturated rings. The van der Waals surface area contributed by atoms with Crippen LogP contribution < -0.4 is 5.11 Å².